The van der Waals surface area contributed by atoms with Crippen molar-refractivity contribution in [1.29, 1.82) is 0 Å². The Bertz CT molecular complexity index is 295. The third-order valence-corrected chi connectivity index (χ3v) is 4.56. The lowest BCUT2D eigenvalue weighted by Crippen LogP contribution is -2.25. The van der Waals surface area contributed by atoms with E-state index in [1.54, 1.807) is 0 Å². The number of hydrogen-bond donors (Lipinski definition) is 0. The summed E-state index contributed by atoms with van der Waals surface area (Å²) >= 11 is 0. The maximum Gasteiger partial charge on any atom is 0.697 e. The molecule has 0 aliphatic heterocycles. The Kier molecular flexibility index (Phi) is 21.5. The first-order chi connectivity index (χ1) is 13.7. The molecule has 0 saturated heterocycles. The summed E-state index contributed by atoms with van der Waals surface area (Å²) < 4.78 is 45.3. The maximum absolute atomic E-state index is 12.1. The van der Waals surface area contributed by atoms with E-state index in [9.17, 15) is 4.57 Å². The first kappa shape index (κ1) is 27.9. The van der Waals surface area contributed by atoms with Crippen LogP contribution in [0.3, 0.4) is 0 Å². The minimum Gasteiger partial charge on any atom is -0.350 e. The van der Waals surface area contributed by atoms with Gasteiger partial charge in [0.1, 0.15) is 0 Å². The average molecular weight is 426 g/mol. The highest BCUT2D eigenvalue weighted by Crippen LogP contribution is 2.25. The molecule has 8 heteroatoms. The van der Waals surface area contributed by atoms with E-state index in [2.05, 4.69) is 27.7 Å². The van der Waals surface area contributed by atoms with Crippen molar-refractivity contribution in [2.24, 2.45) is 0 Å². The topological polar surface area (TPSA) is 72.5 Å². The Balaban J connectivity index is 4.21. The van der Waals surface area contributed by atoms with Crippen molar-refractivity contribution in [2.45, 2.75) is 91.6 Å². The summed E-state index contributed by atoms with van der Waals surface area (Å²) in [6.45, 7) is 10.9. The normalized spacial score (nSPS) is 11.6. The first-order valence-electron chi connectivity index (χ1n) is 10.9. The van der Waals surface area contributed by atoms with E-state index in [1.165, 1.54) is 0 Å². The lowest BCUT2D eigenvalue weighted by Gasteiger charge is -2.16. The Morgan fingerprint density at radius 3 is 1.11 bits per heavy atom. The highest BCUT2D eigenvalue weighted by atomic mass is 31.1. The van der Waals surface area contributed by atoms with Crippen molar-refractivity contribution in [3.63, 3.8) is 0 Å². The maximum atomic E-state index is 12.1. The average Bonchev–Trinajstić information content (AvgIpc) is 2.70. The number of rotatable bonds is 22. The fourth-order valence-corrected chi connectivity index (χ4v) is 2.57. The van der Waals surface area contributed by atoms with Gasteiger partial charge in [0.25, 0.3) is 0 Å². The zero-order valence-electron chi connectivity index (χ0n) is 18.4. The smallest absolute Gasteiger partial charge is 0.350 e. The minimum atomic E-state index is -2.29. The van der Waals surface area contributed by atoms with Gasteiger partial charge in [-0.25, -0.2) is 0 Å². The van der Waals surface area contributed by atoms with E-state index in [0.29, 0.717) is 26.4 Å². The molecule has 0 saturated carbocycles. The molecule has 0 radical (unpaired) electrons. The molecule has 0 spiro atoms. The van der Waals surface area contributed by atoms with Crippen LogP contribution in [0.1, 0.15) is 79.1 Å². The zero-order valence-corrected chi connectivity index (χ0v) is 19.3. The Morgan fingerprint density at radius 2 is 0.857 bits per heavy atom. The summed E-state index contributed by atoms with van der Waals surface area (Å²) in [6, 6.07) is 0. The molecule has 0 aromatic carbocycles. The summed E-state index contributed by atoms with van der Waals surface area (Å²) in [6.07, 6.45) is 6.88. The molecule has 7 nitrogen and oxygen atoms in total. The van der Waals surface area contributed by atoms with Crippen LogP contribution in [-0.2, 0) is 32.6 Å². The third-order valence-electron chi connectivity index (χ3n) is 3.84. The highest BCUT2D eigenvalue weighted by molar-refractivity contribution is 7.33. The Morgan fingerprint density at radius 1 is 0.571 bits per heavy atom. The predicted molar refractivity (Wildman–Crippen MR) is 111 cm³/mol. The van der Waals surface area contributed by atoms with Gasteiger partial charge in [-0.3, -0.25) is 0 Å². The third kappa shape index (κ3) is 17.9. The Labute approximate surface area is 172 Å². The zero-order chi connectivity index (χ0) is 20.9. The minimum absolute atomic E-state index is 0.0701. The molecular weight excluding hydrogens is 383 g/mol. The van der Waals surface area contributed by atoms with Crippen LogP contribution in [0, 0.1) is 0 Å². The molecule has 0 N–H and O–H groups in total. The van der Waals surface area contributed by atoms with E-state index in [1.807, 2.05) is 0 Å². The molecule has 168 valence electrons. The molecule has 0 fully saturated rings. The van der Waals surface area contributed by atoms with E-state index in [4.69, 9.17) is 28.0 Å². The lowest BCUT2D eigenvalue weighted by molar-refractivity contribution is -0.166. The fraction of sp³-hybridized carbons (Fsp3) is 1.00. The van der Waals surface area contributed by atoms with Crippen LogP contribution in [0.4, 0.5) is 0 Å². The van der Waals surface area contributed by atoms with Crippen molar-refractivity contribution in [1.82, 2.24) is 0 Å². The molecule has 0 bridgehead atoms. The highest BCUT2D eigenvalue weighted by Gasteiger charge is 2.26. The second-order valence-corrected chi connectivity index (χ2v) is 7.54. The lowest BCUT2D eigenvalue weighted by atomic mass is 10.3. The SMILES string of the molecule is CCCCOC(CO[P+](=O)OCC(OCCCC)OCCCC)OCCCC. The van der Waals surface area contributed by atoms with Gasteiger partial charge in [0, 0.05) is 31.0 Å². The van der Waals surface area contributed by atoms with E-state index in [-0.39, 0.29) is 13.2 Å². The molecule has 0 aromatic rings. The summed E-state index contributed by atoms with van der Waals surface area (Å²) in [4.78, 5) is 0. The molecule has 28 heavy (non-hydrogen) atoms. The van der Waals surface area contributed by atoms with E-state index >= 15 is 0 Å². The molecule has 0 aromatic heterocycles. The molecule has 0 amide bonds. The van der Waals surface area contributed by atoms with E-state index in [0.717, 1.165) is 51.4 Å². The van der Waals surface area contributed by atoms with Gasteiger partial charge < -0.3 is 18.9 Å². The quantitative estimate of drug-likeness (QED) is 0.127. The summed E-state index contributed by atoms with van der Waals surface area (Å²) in [5.41, 5.74) is 0. The van der Waals surface area contributed by atoms with Gasteiger partial charge in [-0.15, -0.1) is 9.05 Å². The van der Waals surface area contributed by atoms with Gasteiger partial charge in [0.15, 0.2) is 25.8 Å². The van der Waals surface area contributed by atoms with Crippen molar-refractivity contribution in [3.8, 4) is 0 Å². The number of hydrogen-bond acceptors (Lipinski definition) is 7. The van der Waals surface area contributed by atoms with Crippen LogP contribution in [0.25, 0.3) is 0 Å². The van der Waals surface area contributed by atoms with Gasteiger partial charge in [0.05, 0.1) is 0 Å². The molecule has 0 unspecified atom stereocenters. The van der Waals surface area contributed by atoms with Crippen molar-refractivity contribution >= 4 is 8.25 Å². The fourth-order valence-electron chi connectivity index (χ4n) is 2.01. The molecule has 0 heterocycles. The summed E-state index contributed by atoms with van der Waals surface area (Å²) in [7, 11) is -2.29. The molecule has 0 aliphatic rings. The molecular formula is C20H42O7P+. The van der Waals surface area contributed by atoms with Gasteiger partial charge in [0.2, 0.25) is 0 Å². The first-order valence-corrected chi connectivity index (χ1v) is 12.0. The molecule has 0 atom stereocenters. The van der Waals surface area contributed by atoms with Crippen LogP contribution in [0.5, 0.6) is 0 Å². The largest absolute Gasteiger partial charge is 0.697 e. The van der Waals surface area contributed by atoms with Crippen molar-refractivity contribution in [3.05, 3.63) is 0 Å². The molecule has 0 aliphatic carbocycles. The monoisotopic (exact) mass is 425 g/mol. The van der Waals surface area contributed by atoms with Gasteiger partial charge >= 0.3 is 8.25 Å². The van der Waals surface area contributed by atoms with Crippen molar-refractivity contribution < 1.29 is 32.6 Å². The summed E-state index contributed by atoms with van der Waals surface area (Å²) in [5, 5.41) is 0. The van der Waals surface area contributed by atoms with Gasteiger partial charge in [-0.05, 0) is 25.7 Å². The Hall–Kier alpha value is -0.140. The van der Waals surface area contributed by atoms with Crippen molar-refractivity contribution in [2.75, 3.05) is 39.6 Å². The second-order valence-electron chi connectivity index (χ2n) is 6.57. The number of ether oxygens (including phenoxy) is 4. The van der Waals surface area contributed by atoms with Crippen LogP contribution < -0.4 is 0 Å². The van der Waals surface area contributed by atoms with E-state index < -0.39 is 20.8 Å². The van der Waals surface area contributed by atoms with Crippen LogP contribution in [0.2, 0.25) is 0 Å². The van der Waals surface area contributed by atoms with Gasteiger partial charge in [-0.1, -0.05) is 53.4 Å². The number of unbranched alkanes of at least 4 members (excludes halogenated alkanes) is 4. The standard InChI is InChI=1S/C20H42O7P/c1-5-9-13-22-19(23-14-10-6-2)17-26-28(21)27-18-20(24-15-11-7-3)25-16-12-8-4/h19-20H,5-18H2,1-4H3/q+1. The summed E-state index contributed by atoms with van der Waals surface area (Å²) in [5.74, 6) is 0. The van der Waals surface area contributed by atoms with Crippen LogP contribution in [0.15, 0.2) is 0 Å². The van der Waals surface area contributed by atoms with Crippen LogP contribution >= 0.6 is 8.25 Å². The second kappa shape index (κ2) is 21.6. The van der Waals surface area contributed by atoms with Gasteiger partial charge in [-0.2, -0.15) is 0 Å². The molecule has 0 rings (SSSR count). The van der Waals surface area contributed by atoms with Crippen LogP contribution in [-0.4, -0.2) is 52.2 Å². The predicted octanol–water partition coefficient (Wildman–Crippen LogP) is 5.60.